The number of hydrogen-bond acceptors (Lipinski definition) is 2. The van der Waals surface area contributed by atoms with E-state index in [1.807, 2.05) is 6.20 Å². The number of allylic oxidation sites excluding steroid dienone is 2. The van der Waals surface area contributed by atoms with Crippen LogP contribution < -0.4 is 0 Å². The molecule has 0 saturated carbocycles. The smallest absolute Gasteiger partial charge is 0.316 e. The van der Waals surface area contributed by atoms with Crippen molar-refractivity contribution in [1.82, 2.24) is 4.98 Å². The first kappa shape index (κ1) is 25.2. The molecule has 36 heavy (non-hydrogen) atoms. The van der Waals surface area contributed by atoms with Crippen LogP contribution >= 0.6 is 0 Å². The monoisotopic (exact) mass is 648 g/mol. The van der Waals surface area contributed by atoms with E-state index in [-0.39, 0.29) is 31.6 Å². The molecule has 6 aromatic rings. The molecule has 3 nitrogen and oxygen atoms in total. The van der Waals surface area contributed by atoms with E-state index in [1.54, 1.807) is 0 Å². The van der Waals surface area contributed by atoms with Gasteiger partial charge in [-0.05, 0) is 34.5 Å². The minimum atomic E-state index is 0. The topological polar surface area (TPSA) is 54.5 Å². The number of carbonyl (C=O) groups excluding carboxylic acids is 1. The van der Waals surface area contributed by atoms with Gasteiger partial charge < -0.3 is 5.11 Å². The molecule has 0 amide bonds. The molecular formula is C32H25IrNO2. The number of pyridine rings is 1. The molecule has 0 aliphatic carbocycles. The maximum atomic E-state index is 8.40. The van der Waals surface area contributed by atoms with Gasteiger partial charge in [0, 0.05) is 32.0 Å². The molecule has 0 aliphatic heterocycles. The van der Waals surface area contributed by atoms with Crippen LogP contribution in [0, 0.1) is 6.07 Å². The van der Waals surface area contributed by atoms with Crippen molar-refractivity contribution in [3.8, 4) is 11.3 Å². The van der Waals surface area contributed by atoms with E-state index in [2.05, 4.69) is 97.1 Å². The Labute approximate surface area is 223 Å². The van der Waals surface area contributed by atoms with Crippen LogP contribution in [0.15, 0.2) is 109 Å². The normalized spacial score (nSPS) is 11.2. The molecule has 5 aromatic carbocycles. The third-order valence-corrected chi connectivity index (χ3v) is 6.00. The fourth-order valence-corrected chi connectivity index (χ4v) is 4.59. The summed E-state index contributed by atoms with van der Waals surface area (Å²) >= 11 is 0. The van der Waals surface area contributed by atoms with Crippen LogP contribution in [0.3, 0.4) is 0 Å². The summed E-state index contributed by atoms with van der Waals surface area (Å²) in [5, 5.41) is 18.1. The Balaban J connectivity index is 0.000000338. The van der Waals surface area contributed by atoms with Gasteiger partial charge in [0.15, 0.2) is 0 Å². The Kier molecular flexibility index (Phi) is 7.59. The summed E-state index contributed by atoms with van der Waals surface area (Å²) in [4.78, 5) is 13.2. The molecule has 2 N–H and O–H groups in total. The number of nitrogens with zero attached hydrogens (tertiary/aromatic N) is 1. The van der Waals surface area contributed by atoms with Gasteiger partial charge in [0.25, 0.3) is 0 Å². The maximum Gasteiger partial charge on any atom is 0.316 e. The third-order valence-electron chi connectivity index (χ3n) is 6.00. The van der Waals surface area contributed by atoms with Crippen molar-refractivity contribution in [3.05, 3.63) is 115 Å². The Bertz CT molecular complexity index is 1750. The van der Waals surface area contributed by atoms with Crippen molar-refractivity contribution < 1.29 is 30.0 Å². The zero-order valence-electron chi connectivity index (χ0n) is 20.0. The second kappa shape index (κ2) is 10.8. The van der Waals surface area contributed by atoms with Crippen LogP contribution in [-0.4, -0.2) is 20.7 Å². The number of rotatable bonds is 2. The maximum absolute atomic E-state index is 8.40. The summed E-state index contributed by atoms with van der Waals surface area (Å²) in [5.41, 5.74) is 2.06. The summed E-state index contributed by atoms with van der Waals surface area (Å²) in [6.07, 6.45) is 3.20. The average molecular weight is 648 g/mol. The molecule has 0 fully saturated rings. The Morgan fingerprint density at radius 2 is 1.33 bits per heavy atom. The van der Waals surface area contributed by atoms with Crippen molar-refractivity contribution in [3.63, 3.8) is 0 Å². The number of aliphatic hydroxyl groups excluding tert-OH is 1. The number of aliphatic hydroxyl groups is 1. The average Bonchev–Trinajstić information content (AvgIpc) is 2.87. The second-order valence-electron chi connectivity index (χ2n) is 8.56. The van der Waals surface area contributed by atoms with Crippen LogP contribution in [-0.2, 0) is 20.1 Å². The number of benzene rings is 5. The van der Waals surface area contributed by atoms with E-state index in [0.29, 0.717) is 0 Å². The molecule has 1 radical (unpaired) electrons. The molecule has 1 heterocycles. The summed E-state index contributed by atoms with van der Waals surface area (Å²) in [6, 6.07) is 35.7. The fraction of sp³-hybridized carbons (Fsp3) is 0.0625. The molecule has 4 heteroatoms. The Morgan fingerprint density at radius 3 is 2.03 bits per heavy atom. The molecule has 0 spiro atoms. The number of hydrogen-bond donors (Lipinski definition) is 1. The van der Waals surface area contributed by atoms with Gasteiger partial charge in [-0.25, -0.2) is 0 Å². The van der Waals surface area contributed by atoms with E-state index in [0.717, 1.165) is 22.0 Å². The minimum absolute atomic E-state index is 0. The van der Waals surface area contributed by atoms with Gasteiger partial charge >= 0.3 is 5.78 Å². The molecule has 179 valence electrons. The first-order chi connectivity index (χ1) is 17.0. The second-order valence-corrected chi connectivity index (χ2v) is 8.56. The van der Waals surface area contributed by atoms with Crippen molar-refractivity contribution in [2.45, 2.75) is 13.8 Å². The summed E-state index contributed by atoms with van der Waals surface area (Å²) in [7, 11) is 0. The molecule has 0 saturated heterocycles. The van der Waals surface area contributed by atoms with Crippen LogP contribution in [0.2, 0.25) is 0 Å². The Hall–Kier alpha value is -3.85. The van der Waals surface area contributed by atoms with E-state index >= 15 is 0 Å². The Morgan fingerprint density at radius 1 is 0.722 bits per heavy atom. The van der Waals surface area contributed by atoms with Gasteiger partial charge in [-0.1, -0.05) is 101 Å². The van der Waals surface area contributed by atoms with Gasteiger partial charge in [-0.3, -0.25) is 9.78 Å². The largest absolute Gasteiger partial charge is 0.512 e. The molecule has 6 rings (SSSR count). The van der Waals surface area contributed by atoms with Crippen LogP contribution in [0.4, 0.5) is 0 Å². The quantitative estimate of drug-likeness (QED) is 0.0678. The first-order valence-corrected chi connectivity index (χ1v) is 11.5. The fourth-order valence-electron chi connectivity index (χ4n) is 4.59. The van der Waals surface area contributed by atoms with E-state index in [9.17, 15) is 0 Å². The predicted molar refractivity (Wildman–Crippen MR) is 148 cm³/mol. The van der Waals surface area contributed by atoms with Crippen molar-refractivity contribution >= 4 is 48.9 Å². The van der Waals surface area contributed by atoms with Gasteiger partial charge in [0.05, 0.1) is 18.8 Å². The van der Waals surface area contributed by atoms with Crippen molar-refractivity contribution in [2.75, 3.05) is 0 Å². The number of ketones is 1. The molecule has 0 atom stereocenters. The first-order valence-electron chi connectivity index (χ1n) is 11.5. The zero-order valence-corrected chi connectivity index (χ0v) is 22.4. The summed E-state index contributed by atoms with van der Waals surface area (Å²) < 4.78 is 0. The third kappa shape index (κ3) is 4.92. The van der Waals surface area contributed by atoms with Crippen LogP contribution in [0.1, 0.15) is 13.8 Å². The van der Waals surface area contributed by atoms with Crippen LogP contribution in [0.5, 0.6) is 0 Å². The van der Waals surface area contributed by atoms with Crippen molar-refractivity contribution in [1.29, 1.82) is 0 Å². The van der Waals surface area contributed by atoms with Crippen molar-refractivity contribution in [2.24, 2.45) is 0 Å². The minimum Gasteiger partial charge on any atom is -0.512 e. The summed E-state index contributed by atoms with van der Waals surface area (Å²) in [6.45, 7) is 3.00. The van der Waals surface area contributed by atoms with Crippen LogP contribution in [0.25, 0.3) is 54.3 Å². The van der Waals surface area contributed by atoms with E-state index in [4.69, 9.17) is 14.9 Å². The van der Waals surface area contributed by atoms with E-state index < -0.39 is 0 Å². The molecule has 0 aliphatic rings. The molecule has 0 unspecified atom stereocenters. The van der Waals surface area contributed by atoms with Gasteiger partial charge in [-0.15, -0.1) is 17.5 Å². The van der Waals surface area contributed by atoms with E-state index in [1.165, 1.54) is 52.2 Å². The van der Waals surface area contributed by atoms with Gasteiger partial charge in [0.1, 0.15) is 0 Å². The summed E-state index contributed by atoms with van der Waals surface area (Å²) in [5.74, 6) is 0.250. The molecular weight excluding hydrogens is 623 g/mol. The van der Waals surface area contributed by atoms with Gasteiger partial charge in [0.2, 0.25) is 0 Å². The SMILES string of the molecule is CC(=[OH+])/C=C(/C)O.[Ir].[c-]1c(-c2nccc3c2ccc2ccccc23)c2ccccc2c2ccccc12. The predicted octanol–water partition coefficient (Wildman–Crippen LogP) is 8.17. The standard InChI is InChI=1S/C27H16N.C5H8O2.Ir/c1-3-9-20-18(7-1)13-14-25-24(20)15-16-28-27(25)26-17-19-8-2-4-10-21(19)22-11-5-6-12-23(22)26;1-4(6)3-5(2)7;/h1-16H;3,6H,1-2H3;/q-1;;/p+1/b;4-3-;. The number of fused-ring (bicyclic) bond motifs is 6. The van der Waals surface area contributed by atoms with Gasteiger partial charge in [-0.2, -0.15) is 0 Å². The zero-order chi connectivity index (χ0) is 24.4. The molecule has 0 bridgehead atoms. The molecule has 1 aromatic heterocycles. The number of aromatic nitrogens is 1.